The minimum absolute atomic E-state index is 0.136. The lowest BCUT2D eigenvalue weighted by molar-refractivity contribution is 0.0524. The van der Waals surface area contributed by atoms with E-state index in [2.05, 4.69) is 21.8 Å². The summed E-state index contributed by atoms with van der Waals surface area (Å²) in [5.41, 5.74) is 7.15. The van der Waals surface area contributed by atoms with Gasteiger partial charge in [0.25, 0.3) is 0 Å². The maximum absolute atomic E-state index is 11.7. The highest BCUT2D eigenvalue weighted by atomic mass is 16.5. The monoisotopic (exact) mass is 278 g/mol. The number of esters is 1. The van der Waals surface area contributed by atoms with Gasteiger partial charge < -0.3 is 15.4 Å². The molecule has 1 aliphatic heterocycles. The fourth-order valence-electron chi connectivity index (χ4n) is 2.30. The first-order valence-corrected chi connectivity index (χ1v) is 7.04. The van der Waals surface area contributed by atoms with Crippen molar-refractivity contribution >= 4 is 11.9 Å². The van der Waals surface area contributed by atoms with Crippen LogP contribution in [0, 0.1) is 12.8 Å². The van der Waals surface area contributed by atoms with Crippen molar-refractivity contribution in [3.8, 4) is 0 Å². The summed E-state index contributed by atoms with van der Waals surface area (Å²) in [5, 5.41) is 0. The number of hydrogen-bond donors (Lipinski definition) is 1. The summed E-state index contributed by atoms with van der Waals surface area (Å²) in [5.74, 6) is 0.782. The number of aromatic nitrogens is 2. The first-order chi connectivity index (χ1) is 9.52. The van der Waals surface area contributed by atoms with Crippen molar-refractivity contribution in [2.75, 3.05) is 24.6 Å². The lowest BCUT2D eigenvalue weighted by atomic mass is 9.94. The lowest BCUT2D eigenvalue weighted by Gasteiger charge is -2.35. The Bertz CT molecular complexity index is 492. The molecule has 6 heteroatoms. The molecule has 0 saturated carbocycles. The van der Waals surface area contributed by atoms with E-state index in [0.717, 1.165) is 19.5 Å². The molecule has 0 radical (unpaired) electrons. The Labute approximate surface area is 119 Å². The fraction of sp³-hybridized carbons (Fsp3) is 0.643. The highest BCUT2D eigenvalue weighted by molar-refractivity contribution is 5.90. The summed E-state index contributed by atoms with van der Waals surface area (Å²) in [6.45, 7) is 7.73. The largest absolute Gasteiger partial charge is 0.462 e. The highest BCUT2D eigenvalue weighted by Crippen LogP contribution is 2.20. The predicted molar refractivity (Wildman–Crippen MR) is 76.7 cm³/mol. The van der Waals surface area contributed by atoms with Crippen LogP contribution in [0.5, 0.6) is 0 Å². The number of carbonyl (C=O) groups excluding carboxylic acids is 1. The average molecular weight is 278 g/mol. The molecule has 2 rings (SSSR count). The molecule has 2 N–H and O–H groups in total. The Morgan fingerprint density at radius 2 is 2.35 bits per heavy atom. The summed E-state index contributed by atoms with van der Waals surface area (Å²) in [4.78, 5) is 22.5. The van der Waals surface area contributed by atoms with E-state index in [1.807, 2.05) is 0 Å². The molecule has 6 nitrogen and oxygen atoms in total. The van der Waals surface area contributed by atoms with E-state index in [9.17, 15) is 4.79 Å². The number of nitrogens with two attached hydrogens (primary N) is 1. The Morgan fingerprint density at radius 1 is 1.60 bits per heavy atom. The van der Waals surface area contributed by atoms with Crippen molar-refractivity contribution in [2.24, 2.45) is 11.7 Å². The first-order valence-electron chi connectivity index (χ1n) is 7.04. The van der Waals surface area contributed by atoms with Crippen LogP contribution < -0.4 is 10.6 Å². The van der Waals surface area contributed by atoms with E-state index in [4.69, 9.17) is 10.5 Å². The van der Waals surface area contributed by atoms with Gasteiger partial charge in [0.15, 0.2) is 0 Å². The average Bonchev–Trinajstić information content (AvgIpc) is 2.42. The van der Waals surface area contributed by atoms with Crippen molar-refractivity contribution in [1.82, 2.24) is 9.97 Å². The number of anilines is 1. The van der Waals surface area contributed by atoms with Crippen molar-refractivity contribution in [3.63, 3.8) is 0 Å². The molecule has 20 heavy (non-hydrogen) atoms. The van der Waals surface area contributed by atoms with Crippen molar-refractivity contribution in [3.05, 3.63) is 17.5 Å². The normalized spacial score (nSPS) is 22.7. The van der Waals surface area contributed by atoms with Gasteiger partial charge in [0.2, 0.25) is 5.95 Å². The van der Waals surface area contributed by atoms with Crippen molar-refractivity contribution < 1.29 is 9.53 Å². The zero-order chi connectivity index (χ0) is 14.7. The summed E-state index contributed by atoms with van der Waals surface area (Å²) >= 11 is 0. The van der Waals surface area contributed by atoms with Crippen LogP contribution in [0.4, 0.5) is 5.95 Å². The van der Waals surface area contributed by atoms with Gasteiger partial charge in [-0.2, -0.15) is 0 Å². The lowest BCUT2D eigenvalue weighted by Crippen LogP contribution is -2.48. The third-order valence-electron chi connectivity index (χ3n) is 3.76. The van der Waals surface area contributed by atoms with Crippen LogP contribution in [-0.4, -0.2) is 41.7 Å². The molecule has 2 heterocycles. The second kappa shape index (κ2) is 6.17. The molecule has 0 spiro atoms. The smallest absolute Gasteiger partial charge is 0.341 e. The van der Waals surface area contributed by atoms with Gasteiger partial charge in [-0.05, 0) is 26.2 Å². The maximum atomic E-state index is 11.7. The summed E-state index contributed by atoms with van der Waals surface area (Å²) in [7, 11) is 0. The molecule has 0 aromatic carbocycles. The van der Waals surface area contributed by atoms with E-state index in [-0.39, 0.29) is 12.0 Å². The predicted octanol–water partition coefficient (Wildman–Crippen LogP) is 1.14. The van der Waals surface area contributed by atoms with Crippen LogP contribution in [0.25, 0.3) is 0 Å². The summed E-state index contributed by atoms with van der Waals surface area (Å²) in [6, 6.07) is 0.136. The van der Waals surface area contributed by atoms with Gasteiger partial charge in [0.05, 0.1) is 17.9 Å². The molecule has 1 aromatic heterocycles. The maximum Gasteiger partial charge on any atom is 0.341 e. The van der Waals surface area contributed by atoms with E-state index >= 15 is 0 Å². The molecular formula is C14H22N4O2. The van der Waals surface area contributed by atoms with Crippen LogP contribution in [-0.2, 0) is 4.74 Å². The number of ether oxygens (including phenoxy) is 1. The summed E-state index contributed by atoms with van der Waals surface area (Å²) < 4.78 is 4.97. The number of aryl methyl sites for hydroxylation is 1. The molecule has 0 amide bonds. The van der Waals surface area contributed by atoms with Crippen LogP contribution in [0.3, 0.4) is 0 Å². The zero-order valence-electron chi connectivity index (χ0n) is 12.3. The minimum Gasteiger partial charge on any atom is -0.462 e. The molecule has 2 unspecified atom stereocenters. The molecule has 0 bridgehead atoms. The number of piperidine rings is 1. The quantitative estimate of drug-likeness (QED) is 0.835. The van der Waals surface area contributed by atoms with Gasteiger partial charge in [-0.15, -0.1) is 0 Å². The Hall–Kier alpha value is -1.69. The molecular weight excluding hydrogens is 256 g/mol. The summed E-state index contributed by atoms with van der Waals surface area (Å²) in [6.07, 6.45) is 2.57. The third-order valence-corrected chi connectivity index (χ3v) is 3.76. The second-order valence-electron chi connectivity index (χ2n) is 5.27. The zero-order valence-corrected chi connectivity index (χ0v) is 12.3. The van der Waals surface area contributed by atoms with Crippen LogP contribution in [0.1, 0.15) is 36.3 Å². The third kappa shape index (κ3) is 3.07. The second-order valence-corrected chi connectivity index (χ2v) is 5.27. The van der Waals surface area contributed by atoms with Gasteiger partial charge in [-0.25, -0.2) is 14.8 Å². The van der Waals surface area contributed by atoms with Gasteiger partial charge in [0.1, 0.15) is 0 Å². The molecule has 0 aliphatic carbocycles. The van der Waals surface area contributed by atoms with E-state index in [1.165, 1.54) is 0 Å². The van der Waals surface area contributed by atoms with Crippen LogP contribution in [0.15, 0.2) is 6.20 Å². The molecule has 2 atom stereocenters. The Balaban J connectivity index is 2.15. The Kier molecular flexibility index (Phi) is 4.54. The van der Waals surface area contributed by atoms with E-state index in [1.54, 1.807) is 20.0 Å². The van der Waals surface area contributed by atoms with Gasteiger partial charge in [0, 0.05) is 25.3 Å². The van der Waals surface area contributed by atoms with Gasteiger partial charge >= 0.3 is 5.97 Å². The van der Waals surface area contributed by atoms with Crippen molar-refractivity contribution in [1.29, 1.82) is 0 Å². The van der Waals surface area contributed by atoms with Crippen molar-refractivity contribution in [2.45, 2.75) is 33.2 Å². The first kappa shape index (κ1) is 14.7. The van der Waals surface area contributed by atoms with Gasteiger partial charge in [-0.1, -0.05) is 6.92 Å². The van der Waals surface area contributed by atoms with E-state index < -0.39 is 0 Å². The van der Waals surface area contributed by atoms with E-state index in [0.29, 0.717) is 29.7 Å². The van der Waals surface area contributed by atoms with Crippen LogP contribution in [0.2, 0.25) is 0 Å². The SMILES string of the molecule is CCOC(=O)c1cnc(N2CCC(C)C(N)C2)nc1C. The molecule has 1 aromatic rings. The molecule has 1 fully saturated rings. The number of carbonyl (C=O) groups is 1. The number of nitrogens with zero attached hydrogens (tertiary/aromatic N) is 3. The fourth-order valence-corrected chi connectivity index (χ4v) is 2.30. The van der Waals surface area contributed by atoms with Crippen LogP contribution >= 0.6 is 0 Å². The van der Waals surface area contributed by atoms with Gasteiger partial charge in [-0.3, -0.25) is 0 Å². The molecule has 1 aliphatic rings. The standard InChI is InChI=1S/C14H22N4O2/c1-4-20-13(19)11-7-16-14(17-10(11)3)18-6-5-9(2)12(15)8-18/h7,9,12H,4-6,8,15H2,1-3H3. The number of hydrogen-bond acceptors (Lipinski definition) is 6. The topological polar surface area (TPSA) is 81.3 Å². The number of rotatable bonds is 3. The molecule has 1 saturated heterocycles. The molecule has 110 valence electrons. The Morgan fingerprint density at radius 3 is 2.95 bits per heavy atom. The minimum atomic E-state index is -0.375. The highest BCUT2D eigenvalue weighted by Gasteiger charge is 2.25.